The van der Waals surface area contributed by atoms with Gasteiger partial charge in [-0.05, 0) is 6.92 Å². The highest BCUT2D eigenvalue weighted by molar-refractivity contribution is 7.19. The highest BCUT2D eigenvalue weighted by Gasteiger charge is 2.29. The van der Waals surface area contributed by atoms with E-state index in [1.807, 2.05) is 13.0 Å². The molecule has 2 rings (SSSR count). The summed E-state index contributed by atoms with van der Waals surface area (Å²) in [5, 5.41) is 15.2. The zero-order valence-corrected chi connectivity index (χ0v) is 9.40. The lowest BCUT2D eigenvalue weighted by Crippen LogP contribution is -2.22. The summed E-state index contributed by atoms with van der Waals surface area (Å²) in [6, 6.07) is 2.01. The molecule has 0 spiro atoms. The lowest BCUT2D eigenvalue weighted by molar-refractivity contribution is -0.115. The minimum atomic E-state index is -0.352. The molecule has 0 unspecified atom stereocenters. The second-order valence-corrected chi connectivity index (χ2v) is 4.32. The lowest BCUT2D eigenvalue weighted by atomic mass is 10.1. The van der Waals surface area contributed by atoms with Crippen molar-refractivity contribution in [1.29, 1.82) is 5.26 Å². The second-order valence-electron chi connectivity index (χ2n) is 3.30. The molecule has 0 radical (unpaired) electrons. The maximum absolute atomic E-state index is 11.6. The van der Waals surface area contributed by atoms with Gasteiger partial charge in [-0.15, -0.1) is 11.3 Å². The molecule has 1 amide bonds. The van der Waals surface area contributed by atoms with E-state index in [9.17, 15) is 9.59 Å². The van der Waals surface area contributed by atoms with Crippen LogP contribution in [0.2, 0.25) is 0 Å². The molecular weight excluding hydrogens is 226 g/mol. The van der Waals surface area contributed by atoms with Crippen molar-refractivity contribution in [3.05, 3.63) is 10.4 Å². The molecule has 0 saturated heterocycles. The first-order valence-corrected chi connectivity index (χ1v) is 5.62. The number of nitrogens with one attached hydrogen (secondary N) is 2. The van der Waals surface area contributed by atoms with Crippen LogP contribution in [0.5, 0.6) is 0 Å². The Kier molecular flexibility index (Phi) is 2.62. The van der Waals surface area contributed by atoms with Crippen LogP contribution in [0.1, 0.15) is 28.6 Å². The summed E-state index contributed by atoms with van der Waals surface area (Å²) < 4.78 is 0. The maximum Gasteiger partial charge on any atom is 0.232 e. The van der Waals surface area contributed by atoms with Crippen LogP contribution in [0.15, 0.2) is 0 Å². The number of ketones is 1. The third-order valence-corrected chi connectivity index (χ3v) is 3.38. The van der Waals surface area contributed by atoms with Crippen molar-refractivity contribution in [2.75, 3.05) is 17.2 Å². The van der Waals surface area contributed by atoms with Gasteiger partial charge in [-0.1, -0.05) is 0 Å². The highest BCUT2D eigenvalue weighted by atomic mass is 32.1. The molecule has 0 aromatic carbocycles. The van der Waals surface area contributed by atoms with Gasteiger partial charge in [-0.25, -0.2) is 0 Å². The van der Waals surface area contributed by atoms with Gasteiger partial charge in [0.15, 0.2) is 5.78 Å². The van der Waals surface area contributed by atoms with Gasteiger partial charge in [0, 0.05) is 6.54 Å². The smallest absolute Gasteiger partial charge is 0.232 e. The van der Waals surface area contributed by atoms with Gasteiger partial charge in [0.25, 0.3) is 0 Å². The molecule has 6 heteroatoms. The number of rotatable bonds is 2. The molecule has 0 fully saturated rings. The molecule has 1 aromatic heterocycles. The average molecular weight is 235 g/mol. The molecule has 2 heterocycles. The van der Waals surface area contributed by atoms with E-state index in [1.54, 1.807) is 0 Å². The zero-order valence-electron chi connectivity index (χ0n) is 8.59. The molecular formula is C10H9N3O2S. The van der Waals surface area contributed by atoms with E-state index in [0.717, 1.165) is 0 Å². The number of nitriles is 1. The van der Waals surface area contributed by atoms with Crippen LogP contribution in [0.25, 0.3) is 0 Å². The summed E-state index contributed by atoms with van der Waals surface area (Å²) in [7, 11) is 0. The fourth-order valence-corrected chi connectivity index (χ4v) is 2.66. The van der Waals surface area contributed by atoms with Crippen molar-refractivity contribution in [2.45, 2.75) is 13.3 Å². The number of hydrogen-bond acceptors (Lipinski definition) is 5. The first-order chi connectivity index (χ1) is 7.67. The minimum absolute atomic E-state index is 0.135. The number of carbonyl (C=O) groups excluding carboxylic acids is 2. The fraction of sp³-hybridized carbons (Fsp3) is 0.300. The molecule has 82 valence electrons. The number of nitrogens with zero attached hydrogens (tertiary/aromatic N) is 1. The van der Waals surface area contributed by atoms with Crippen molar-refractivity contribution in [2.24, 2.45) is 0 Å². The van der Waals surface area contributed by atoms with Crippen LogP contribution in [-0.2, 0) is 4.79 Å². The van der Waals surface area contributed by atoms with Gasteiger partial charge in [0.1, 0.15) is 16.6 Å². The molecule has 0 saturated carbocycles. The van der Waals surface area contributed by atoms with Crippen LogP contribution < -0.4 is 10.6 Å². The molecule has 0 atom stereocenters. The molecule has 1 aliphatic rings. The molecule has 5 nitrogen and oxygen atoms in total. The van der Waals surface area contributed by atoms with E-state index in [4.69, 9.17) is 5.26 Å². The molecule has 2 N–H and O–H groups in total. The zero-order chi connectivity index (χ0) is 11.7. The average Bonchev–Trinajstić information content (AvgIpc) is 2.56. The van der Waals surface area contributed by atoms with E-state index < -0.39 is 0 Å². The predicted octanol–water partition coefficient (Wildman–Crippen LogP) is 1.58. The Balaban J connectivity index is 2.56. The van der Waals surface area contributed by atoms with E-state index in [0.29, 0.717) is 27.7 Å². The van der Waals surface area contributed by atoms with Crippen molar-refractivity contribution in [1.82, 2.24) is 0 Å². The van der Waals surface area contributed by atoms with Gasteiger partial charge < -0.3 is 10.6 Å². The van der Waals surface area contributed by atoms with Gasteiger partial charge in [0.2, 0.25) is 5.91 Å². The van der Waals surface area contributed by atoms with E-state index in [-0.39, 0.29) is 18.1 Å². The predicted molar refractivity (Wildman–Crippen MR) is 60.8 cm³/mol. The van der Waals surface area contributed by atoms with Gasteiger partial charge in [-0.2, -0.15) is 5.26 Å². The first-order valence-electron chi connectivity index (χ1n) is 4.81. The van der Waals surface area contributed by atoms with Crippen molar-refractivity contribution in [3.63, 3.8) is 0 Å². The fourth-order valence-electron chi connectivity index (χ4n) is 1.55. The lowest BCUT2D eigenvalue weighted by Gasteiger charge is -2.10. The quantitative estimate of drug-likeness (QED) is 0.762. The molecule has 1 aliphatic heterocycles. The standard InChI is InChI=1S/C10H9N3O2S/c1-2-12-10-5(4-11)8-9(16-10)6(14)3-7(15)13-8/h12H,2-3H2,1H3,(H,13,15). The topological polar surface area (TPSA) is 82.0 Å². The summed E-state index contributed by atoms with van der Waals surface area (Å²) in [6.07, 6.45) is -0.135. The summed E-state index contributed by atoms with van der Waals surface area (Å²) in [6.45, 7) is 2.57. The largest absolute Gasteiger partial charge is 0.376 e. The number of anilines is 2. The summed E-state index contributed by atoms with van der Waals surface area (Å²) >= 11 is 1.22. The molecule has 0 bridgehead atoms. The number of Topliss-reactive ketones (excluding diaryl/α,β-unsaturated/α-hetero) is 1. The summed E-state index contributed by atoms with van der Waals surface area (Å²) in [4.78, 5) is 23.3. The van der Waals surface area contributed by atoms with Crippen molar-refractivity contribution < 1.29 is 9.59 Å². The number of fused-ring (bicyclic) bond motifs is 1. The minimum Gasteiger partial charge on any atom is -0.376 e. The Bertz CT molecular complexity index is 513. The normalized spacial score (nSPS) is 14.0. The number of carbonyl (C=O) groups is 2. The summed E-state index contributed by atoms with van der Waals surface area (Å²) in [5.41, 5.74) is 0.716. The Morgan fingerprint density at radius 2 is 2.31 bits per heavy atom. The van der Waals surface area contributed by atoms with Crippen LogP contribution in [0.3, 0.4) is 0 Å². The number of amides is 1. The highest BCUT2D eigenvalue weighted by Crippen LogP contribution is 2.39. The van der Waals surface area contributed by atoms with Crippen LogP contribution in [-0.4, -0.2) is 18.2 Å². The van der Waals surface area contributed by atoms with Crippen molar-refractivity contribution >= 4 is 33.7 Å². The molecule has 16 heavy (non-hydrogen) atoms. The molecule has 0 aliphatic carbocycles. The Hall–Kier alpha value is -1.87. The Morgan fingerprint density at radius 1 is 1.56 bits per heavy atom. The Labute approximate surface area is 96.1 Å². The van der Waals surface area contributed by atoms with Crippen LogP contribution in [0, 0.1) is 11.3 Å². The number of hydrogen-bond donors (Lipinski definition) is 2. The van der Waals surface area contributed by atoms with E-state index in [1.165, 1.54) is 11.3 Å². The third-order valence-electron chi connectivity index (χ3n) is 2.20. The van der Waals surface area contributed by atoms with E-state index >= 15 is 0 Å². The first kappa shape index (κ1) is 10.6. The van der Waals surface area contributed by atoms with Crippen molar-refractivity contribution in [3.8, 4) is 6.07 Å². The molecule has 1 aromatic rings. The third kappa shape index (κ3) is 1.55. The monoisotopic (exact) mass is 235 g/mol. The van der Waals surface area contributed by atoms with Gasteiger partial charge >= 0.3 is 0 Å². The second kappa shape index (κ2) is 3.94. The Morgan fingerprint density at radius 3 is 2.94 bits per heavy atom. The van der Waals surface area contributed by atoms with Gasteiger partial charge in [0.05, 0.1) is 17.0 Å². The SMILES string of the molecule is CCNc1sc2c(c1C#N)NC(=O)CC2=O. The summed E-state index contributed by atoms with van der Waals surface area (Å²) in [5.74, 6) is -0.570. The van der Waals surface area contributed by atoms with Crippen LogP contribution >= 0.6 is 11.3 Å². The number of thiophene rings is 1. The van der Waals surface area contributed by atoms with E-state index in [2.05, 4.69) is 10.6 Å². The van der Waals surface area contributed by atoms with Crippen LogP contribution in [0.4, 0.5) is 10.7 Å². The maximum atomic E-state index is 11.6. The van der Waals surface area contributed by atoms with Gasteiger partial charge in [-0.3, -0.25) is 9.59 Å².